The van der Waals surface area contributed by atoms with Crippen LogP contribution in [0.4, 0.5) is 15.8 Å². The molecule has 4 nitrogen and oxygen atoms in total. The molecule has 0 radical (unpaired) electrons. The molecule has 0 N–H and O–H groups in total. The van der Waals surface area contributed by atoms with Crippen molar-refractivity contribution in [3.05, 3.63) is 59.4 Å². The van der Waals surface area contributed by atoms with Gasteiger partial charge in [0.2, 0.25) is 5.91 Å². The third kappa shape index (κ3) is 4.48. The number of nitrogens with zero attached hydrogens (tertiary/aromatic N) is 3. The lowest BCUT2D eigenvalue weighted by atomic mass is 10.1. The largest absolute Gasteiger partial charge is 0.369 e. The van der Waals surface area contributed by atoms with Crippen molar-refractivity contribution in [3.8, 4) is 0 Å². The zero-order valence-electron chi connectivity index (χ0n) is 16.4. The number of halogens is 1. The fourth-order valence-electron chi connectivity index (χ4n) is 3.63. The van der Waals surface area contributed by atoms with Gasteiger partial charge in [-0.05, 0) is 62.2 Å². The Balaban J connectivity index is 1.59. The molecule has 2 aromatic carbocycles. The quantitative estimate of drug-likeness (QED) is 0.805. The fourth-order valence-corrected chi connectivity index (χ4v) is 3.63. The standard InChI is InChI=1S/C22H28FN3O/c1-4-26(20-10-8-19(23)9-11-20)22(27)16-24-12-14-25(15-13-24)21-7-5-6-17(2)18(21)3/h5-11H,4,12-16H2,1-3H3. The van der Waals surface area contributed by atoms with Crippen LogP contribution in [0, 0.1) is 19.7 Å². The van der Waals surface area contributed by atoms with Crippen LogP contribution in [0.5, 0.6) is 0 Å². The summed E-state index contributed by atoms with van der Waals surface area (Å²) >= 11 is 0. The molecule has 1 saturated heterocycles. The molecular formula is C22H28FN3O. The van der Waals surface area contributed by atoms with E-state index in [2.05, 4.69) is 41.8 Å². The first kappa shape index (κ1) is 19.4. The normalized spacial score (nSPS) is 15.0. The van der Waals surface area contributed by atoms with Gasteiger partial charge in [0.05, 0.1) is 6.54 Å². The Bertz CT molecular complexity index is 783. The van der Waals surface area contributed by atoms with Crippen LogP contribution in [0.3, 0.4) is 0 Å². The van der Waals surface area contributed by atoms with Gasteiger partial charge >= 0.3 is 0 Å². The van der Waals surface area contributed by atoms with E-state index in [-0.39, 0.29) is 11.7 Å². The summed E-state index contributed by atoms with van der Waals surface area (Å²) in [7, 11) is 0. The van der Waals surface area contributed by atoms with E-state index in [0.717, 1.165) is 31.9 Å². The smallest absolute Gasteiger partial charge is 0.241 e. The van der Waals surface area contributed by atoms with E-state index in [9.17, 15) is 9.18 Å². The summed E-state index contributed by atoms with van der Waals surface area (Å²) < 4.78 is 13.1. The lowest BCUT2D eigenvalue weighted by Gasteiger charge is -2.37. The van der Waals surface area contributed by atoms with Crippen molar-refractivity contribution >= 4 is 17.3 Å². The number of benzene rings is 2. The van der Waals surface area contributed by atoms with Crippen LogP contribution in [0.1, 0.15) is 18.1 Å². The monoisotopic (exact) mass is 369 g/mol. The number of aryl methyl sites for hydroxylation is 1. The highest BCUT2D eigenvalue weighted by atomic mass is 19.1. The summed E-state index contributed by atoms with van der Waals surface area (Å²) in [5, 5.41) is 0. The van der Waals surface area contributed by atoms with Crippen molar-refractivity contribution in [2.24, 2.45) is 0 Å². The van der Waals surface area contributed by atoms with Crippen molar-refractivity contribution < 1.29 is 9.18 Å². The van der Waals surface area contributed by atoms with E-state index in [1.54, 1.807) is 17.0 Å². The molecule has 144 valence electrons. The summed E-state index contributed by atoms with van der Waals surface area (Å²) in [5.74, 6) is -0.228. The van der Waals surface area contributed by atoms with Crippen LogP contribution < -0.4 is 9.80 Å². The Morgan fingerprint density at radius 1 is 1.04 bits per heavy atom. The van der Waals surface area contributed by atoms with Crippen LogP contribution in [-0.4, -0.2) is 50.1 Å². The fraction of sp³-hybridized carbons (Fsp3) is 0.409. The third-order valence-corrected chi connectivity index (χ3v) is 5.40. The number of likely N-dealkylation sites (N-methyl/N-ethyl adjacent to an activating group) is 1. The number of anilines is 2. The third-order valence-electron chi connectivity index (χ3n) is 5.40. The van der Waals surface area contributed by atoms with Crippen molar-refractivity contribution in [2.75, 3.05) is 49.1 Å². The van der Waals surface area contributed by atoms with Gasteiger partial charge in [-0.25, -0.2) is 4.39 Å². The molecule has 0 unspecified atom stereocenters. The minimum Gasteiger partial charge on any atom is -0.369 e. The minimum atomic E-state index is -0.287. The van der Waals surface area contributed by atoms with Crippen LogP contribution >= 0.6 is 0 Å². The van der Waals surface area contributed by atoms with E-state index in [4.69, 9.17) is 0 Å². The molecule has 0 bridgehead atoms. The van der Waals surface area contributed by atoms with E-state index < -0.39 is 0 Å². The lowest BCUT2D eigenvalue weighted by Crippen LogP contribution is -2.50. The Kier molecular flexibility index (Phi) is 6.11. The summed E-state index contributed by atoms with van der Waals surface area (Å²) in [5.41, 5.74) is 4.68. The zero-order chi connectivity index (χ0) is 19.4. The average molecular weight is 369 g/mol. The van der Waals surface area contributed by atoms with Gasteiger partial charge in [-0.1, -0.05) is 12.1 Å². The highest BCUT2D eigenvalue weighted by Crippen LogP contribution is 2.24. The van der Waals surface area contributed by atoms with E-state index in [1.807, 2.05) is 6.92 Å². The number of carbonyl (C=O) groups excluding carboxylic acids is 1. The molecule has 1 amide bonds. The predicted octanol–water partition coefficient (Wildman–Crippen LogP) is 3.62. The number of amides is 1. The number of hydrogen-bond donors (Lipinski definition) is 0. The van der Waals surface area contributed by atoms with E-state index >= 15 is 0 Å². The Hall–Kier alpha value is -2.40. The Morgan fingerprint density at radius 3 is 2.33 bits per heavy atom. The molecular weight excluding hydrogens is 341 g/mol. The highest BCUT2D eigenvalue weighted by molar-refractivity contribution is 5.94. The van der Waals surface area contributed by atoms with Crippen molar-refractivity contribution in [3.63, 3.8) is 0 Å². The van der Waals surface area contributed by atoms with E-state index in [1.165, 1.54) is 28.9 Å². The van der Waals surface area contributed by atoms with Crippen LogP contribution in [0.25, 0.3) is 0 Å². The average Bonchev–Trinajstić information content (AvgIpc) is 2.67. The molecule has 0 atom stereocenters. The summed E-state index contributed by atoms with van der Waals surface area (Å²) in [4.78, 5) is 19.1. The van der Waals surface area contributed by atoms with Gasteiger partial charge in [-0.3, -0.25) is 9.69 Å². The first-order valence-electron chi connectivity index (χ1n) is 9.59. The molecule has 2 aromatic rings. The molecule has 1 heterocycles. The summed E-state index contributed by atoms with van der Waals surface area (Å²) in [6.07, 6.45) is 0. The first-order chi connectivity index (χ1) is 13.0. The SMILES string of the molecule is CCN(C(=O)CN1CCN(c2cccc(C)c2C)CC1)c1ccc(F)cc1. The molecule has 0 aliphatic carbocycles. The van der Waals surface area contributed by atoms with Gasteiger partial charge in [0, 0.05) is 44.1 Å². The molecule has 0 aromatic heterocycles. The first-order valence-corrected chi connectivity index (χ1v) is 9.59. The van der Waals surface area contributed by atoms with Crippen LogP contribution in [0.15, 0.2) is 42.5 Å². The zero-order valence-corrected chi connectivity index (χ0v) is 16.4. The number of rotatable bonds is 5. The Morgan fingerprint density at radius 2 is 1.70 bits per heavy atom. The summed E-state index contributed by atoms with van der Waals surface area (Å²) in [6, 6.07) is 12.5. The van der Waals surface area contributed by atoms with Crippen molar-refractivity contribution in [2.45, 2.75) is 20.8 Å². The Labute approximate surface area is 161 Å². The number of piperazine rings is 1. The molecule has 1 fully saturated rings. The molecule has 0 spiro atoms. The van der Waals surface area contributed by atoms with Gasteiger partial charge in [0.1, 0.15) is 5.82 Å². The van der Waals surface area contributed by atoms with Gasteiger partial charge in [0.25, 0.3) is 0 Å². The second-order valence-electron chi connectivity index (χ2n) is 7.10. The second kappa shape index (κ2) is 8.53. The maximum absolute atomic E-state index is 13.1. The molecule has 5 heteroatoms. The number of carbonyl (C=O) groups is 1. The van der Waals surface area contributed by atoms with Gasteiger partial charge in [-0.2, -0.15) is 0 Å². The molecule has 0 saturated carbocycles. The van der Waals surface area contributed by atoms with Crippen LogP contribution in [0.2, 0.25) is 0 Å². The second-order valence-corrected chi connectivity index (χ2v) is 7.10. The topological polar surface area (TPSA) is 26.8 Å². The lowest BCUT2D eigenvalue weighted by molar-refractivity contribution is -0.119. The van der Waals surface area contributed by atoms with Crippen molar-refractivity contribution in [1.29, 1.82) is 0 Å². The molecule has 1 aliphatic rings. The molecule has 3 rings (SSSR count). The highest BCUT2D eigenvalue weighted by Gasteiger charge is 2.23. The maximum atomic E-state index is 13.1. The minimum absolute atomic E-state index is 0.0595. The predicted molar refractivity (Wildman–Crippen MR) is 109 cm³/mol. The number of hydrogen-bond acceptors (Lipinski definition) is 3. The maximum Gasteiger partial charge on any atom is 0.241 e. The van der Waals surface area contributed by atoms with Crippen LogP contribution in [-0.2, 0) is 4.79 Å². The van der Waals surface area contributed by atoms with Crippen molar-refractivity contribution in [1.82, 2.24) is 4.90 Å². The van der Waals surface area contributed by atoms with Gasteiger partial charge < -0.3 is 9.80 Å². The molecule has 27 heavy (non-hydrogen) atoms. The molecule has 1 aliphatic heterocycles. The van der Waals surface area contributed by atoms with E-state index in [0.29, 0.717) is 13.1 Å². The van der Waals surface area contributed by atoms with Gasteiger partial charge in [-0.15, -0.1) is 0 Å². The van der Waals surface area contributed by atoms with Gasteiger partial charge in [0.15, 0.2) is 0 Å². The summed E-state index contributed by atoms with van der Waals surface area (Å²) in [6.45, 7) is 10.8.